The number of aryl methyl sites for hydroxylation is 1. The maximum absolute atomic E-state index is 15.7. The Morgan fingerprint density at radius 3 is 2.47 bits per heavy atom. The van der Waals surface area contributed by atoms with Gasteiger partial charge in [0.1, 0.15) is 0 Å². The van der Waals surface area contributed by atoms with E-state index in [4.69, 9.17) is 4.74 Å². The van der Waals surface area contributed by atoms with Crippen LogP contribution in [0.15, 0.2) is 66.7 Å². The van der Waals surface area contributed by atoms with E-state index in [1.165, 1.54) is 12.1 Å². The number of nitro groups is 1. The summed E-state index contributed by atoms with van der Waals surface area (Å²) in [7, 11) is -3.39. The number of halogens is 1. The minimum atomic E-state index is -3.39. The van der Waals surface area contributed by atoms with Gasteiger partial charge in [-0.05, 0) is 61.3 Å². The summed E-state index contributed by atoms with van der Waals surface area (Å²) in [6.07, 6.45) is 0.574. The molecule has 3 aromatic rings. The molecule has 224 valence electrons. The molecule has 6 rings (SSSR count). The molecule has 0 aromatic heterocycles. The van der Waals surface area contributed by atoms with Crippen molar-refractivity contribution in [1.82, 2.24) is 0 Å². The molecule has 1 spiro atoms. The first-order chi connectivity index (χ1) is 20.5. The van der Waals surface area contributed by atoms with Crippen molar-refractivity contribution in [3.05, 3.63) is 93.5 Å². The summed E-state index contributed by atoms with van der Waals surface area (Å²) >= 11 is 0. The van der Waals surface area contributed by atoms with Gasteiger partial charge in [-0.25, -0.2) is 0 Å². The van der Waals surface area contributed by atoms with Crippen molar-refractivity contribution in [3.63, 3.8) is 0 Å². The van der Waals surface area contributed by atoms with E-state index in [-0.39, 0.29) is 31.2 Å². The van der Waals surface area contributed by atoms with Gasteiger partial charge >= 0.3 is 0 Å². The fourth-order valence-electron chi connectivity index (χ4n) is 7.35. The zero-order chi connectivity index (χ0) is 30.7. The number of non-ortho nitro benzene ring substituents is 1. The normalized spacial score (nSPS) is 24.9. The lowest BCUT2D eigenvalue weighted by Gasteiger charge is -2.31. The van der Waals surface area contributed by atoms with Crippen LogP contribution in [0.1, 0.15) is 36.5 Å². The minimum absolute atomic E-state index is 0.0114. The van der Waals surface area contributed by atoms with E-state index in [0.29, 0.717) is 24.1 Å². The van der Waals surface area contributed by atoms with E-state index < -0.39 is 42.4 Å². The molecule has 3 aliphatic rings. The smallest absolute Gasteiger partial charge is 0.269 e. The maximum atomic E-state index is 15.7. The first kappa shape index (κ1) is 29.2. The number of hydrogen-bond acceptors (Lipinski definition) is 6. The summed E-state index contributed by atoms with van der Waals surface area (Å²) in [4.78, 5) is 41.8. The average Bonchev–Trinajstić information content (AvgIpc) is 3.40. The molecule has 1 N–H and O–H groups in total. The lowest BCUT2D eigenvalue weighted by molar-refractivity contribution is -0.385. The Kier molecular flexibility index (Phi) is 7.22. The number of nitrogens with zero attached hydrogens (tertiary/aromatic N) is 3. The van der Waals surface area contributed by atoms with Crippen molar-refractivity contribution in [2.45, 2.75) is 63.1 Å². The highest BCUT2D eigenvalue weighted by Gasteiger charge is 2.66. The van der Waals surface area contributed by atoms with Gasteiger partial charge < -0.3 is 18.9 Å². The van der Waals surface area contributed by atoms with Crippen molar-refractivity contribution in [2.75, 3.05) is 16.4 Å². The van der Waals surface area contributed by atoms with Gasteiger partial charge in [0.2, 0.25) is 14.3 Å². The number of rotatable bonds is 7. The summed E-state index contributed by atoms with van der Waals surface area (Å²) in [5, 5.41) is 21.5. The van der Waals surface area contributed by atoms with Gasteiger partial charge in [-0.2, -0.15) is 0 Å². The summed E-state index contributed by atoms with van der Waals surface area (Å²) in [5.41, 5.74) is 1.92. The molecule has 1 saturated heterocycles. The Morgan fingerprint density at radius 2 is 1.79 bits per heavy atom. The average molecular weight is 604 g/mol. The van der Waals surface area contributed by atoms with Crippen molar-refractivity contribution in [2.24, 2.45) is 5.92 Å². The molecule has 0 bridgehead atoms. The molecule has 0 unspecified atom stereocenters. The highest BCUT2D eigenvalue weighted by molar-refractivity contribution is 6.72. The summed E-state index contributed by atoms with van der Waals surface area (Å²) in [5.74, 6) is -0.998. The van der Waals surface area contributed by atoms with Crippen LogP contribution in [0.5, 0.6) is 0 Å². The Hall–Kier alpha value is -3.93. The van der Waals surface area contributed by atoms with Gasteiger partial charge in [-0.3, -0.25) is 24.6 Å². The predicted octanol–water partition coefficient (Wildman–Crippen LogP) is 5.91. The van der Waals surface area contributed by atoms with Crippen LogP contribution in [-0.4, -0.2) is 43.0 Å². The van der Waals surface area contributed by atoms with Gasteiger partial charge in [-0.1, -0.05) is 37.3 Å². The molecule has 9 nitrogen and oxygen atoms in total. The summed E-state index contributed by atoms with van der Waals surface area (Å²) in [6.45, 7) is 4.84. The van der Waals surface area contributed by atoms with Crippen molar-refractivity contribution >= 4 is 43.0 Å². The number of anilines is 3. The number of para-hydroxylation sites is 1. The summed E-state index contributed by atoms with van der Waals surface area (Å²) in [6, 6.07) is 19.5. The molecular formula is C32H34FN3O6Si. The second-order valence-corrected chi connectivity index (χ2v) is 16.0. The molecule has 43 heavy (non-hydrogen) atoms. The Labute approximate surface area is 250 Å². The highest BCUT2D eigenvalue weighted by Crippen LogP contribution is 2.60. The monoisotopic (exact) mass is 603 g/mol. The fraction of sp³-hybridized carbons (Fsp3) is 0.375. The Bertz CT molecular complexity index is 1610. The first-order valence-electron chi connectivity index (χ1n) is 14.6. The maximum Gasteiger partial charge on any atom is 0.269 e. The topological polar surface area (TPSA) is 113 Å². The van der Waals surface area contributed by atoms with E-state index in [0.717, 1.165) is 22.5 Å². The van der Waals surface area contributed by atoms with Crippen molar-refractivity contribution < 1.29 is 28.5 Å². The third-order valence-electron chi connectivity index (χ3n) is 9.19. The third kappa shape index (κ3) is 4.66. The van der Waals surface area contributed by atoms with Crippen LogP contribution in [0.2, 0.25) is 18.6 Å². The number of aliphatic hydroxyl groups excluding tert-OH is 1. The van der Waals surface area contributed by atoms with Gasteiger partial charge in [-0.15, -0.1) is 0 Å². The Morgan fingerprint density at radius 1 is 1.07 bits per heavy atom. The lowest BCUT2D eigenvalue weighted by Crippen LogP contribution is -2.45. The second-order valence-electron chi connectivity index (χ2n) is 12.2. The van der Waals surface area contributed by atoms with Gasteiger partial charge in [0, 0.05) is 47.9 Å². The number of nitro benzene ring substituents is 1. The third-order valence-corrected chi connectivity index (χ3v) is 11.7. The molecule has 0 radical (unpaired) electrons. The van der Waals surface area contributed by atoms with Gasteiger partial charge in [0.25, 0.3) is 11.6 Å². The number of aliphatic hydroxyl groups is 1. The quantitative estimate of drug-likeness (QED) is 0.156. The van der Waals surface area contributed by atoms with E-state index in [1.807, 2.05) is 48.5 Å². The number of hydrogen-bond donors (Lipinski definition) is 1. The molecule has 3 heterocycles. The number of carbonyl (C=O) groups excluding carboxylic acids is 2. The van der Waals surface area contributed by atoms with Crippen molar-refractivity contribution in [1.29, 1.82) is 0 Å². The van der Waals surface area contributed by atoms with E-state index in [9.17, 15) is 24.8 Å². The Balaban J connectivity index is 1.37. The molecule has 0 aliphatic carbocycles. The number of fused-ring (bicyclic) bond motifs is 3. The standard InChI is InChI=1S/C32H34FN3O6Si/c1-20-30(43(2,3)33)28(16-17-37)42-32(20)25-18-24(36(40)41)13-14-27(25)34(31(32)39)19-21-8-11-23(12-9-21)35-26-7-5-4-6-22(26)10-15-29(35)38/h4-9,11-14,18,20,28,30,37H,10,15-17,19H2,1-3H3/t20-,28+,30-,32+/m0/s1. The van der Waals surface area contributed by atoms with E-state index in [2.05, 4.69) is 0 Å². The zero-order valence-corrected chi connectivity index (χ0v) is 25.3. The minimum Gasteiger partial charge on any atom is -0.396 e. The number of benzene rings is 3. The first-order valence-corrected chi connectivity index (χ1v) is 17.5. The molecule has 1 fully saturated rings. The number of ether oxygens (including phenoxy) is 1. The highest BCUT2D eigenvalue weighted by atomic mass is 28.4. The molecule has 3 aromatic carbocycles. The number of amides is 2. The lowest BCUT2D eigenvalue weighted by atomic mass is 9.82. The molecule has 2 amide bonds. The predicted molar refractivity (Wildman–Crippen MR) is 162 cm³/mol. The van der Waals surface area contributed by atoms with E-state index in [1.54, 1.807) is 35.9 Å². The van der Waals surface area contributed by atoms with Crippen LogP contribution >= 0.6 is 0 Å². The van der Waals surface area contributed by atoms with Crippen LogP contribution in [0.25, 0.3) is 0 Å². The fourth-order valence-corrected chi connectivity index (χ4v) is 9.89. The SMILES string of the molecule is C[C@H]1[C@H]([Si](C)(C)F)[C@@H](CCO)O[C@]12C(=O)N(Cc1ccc(N3C(=O)CCc4ccccc43)cc1)c1ccc([N+](=O)[O-])cc12. The van der Waals surface area contributed by atoms with Crippen LogP contribution in [0, 0.1) is 16.0 Å². The van der Waals surface area contributed by atoms with Gasteiger partial charge in [0.05, 0.1) is 28.9 Å². The van der Waals surface area contributed by atoms with Crippen molar-refractivity contribution in [3.8, 4) is 0 Å². The molecule has 11 heteroatoms. The summed E-state index contributed by atoms with van der Waals surface area (Å²) < 4.78 is 22.2. The van der Waals surface area contributed by atoms with E-state index >= 15 is 4.11 Å². The molecular weight excluding hydrogens is 569 g/mol. The number of carbonyl (C=O) groups is 2. The van der Waals surface area contributed by atoms with Crippen LogP contribution < -0.4 is 9.80 Å². The largest absolute Gasteiger partial charge is 0.396 e. The van der Waals surface area contributed by atoms with Crippen LogP contribution in [0.4, 0.5) is 26.9 Å². The van der Waals surface area contributed by atoms with Crippen LogP contribution in [0.3, 0.4) is 0 Å². The van der Waals surface area contributed by atoms with Gasteiger partial charge in [0.15, 0.2) is 5.60 Å². The molecule has 3 aliphatic heterocycles. The second kappa shape index (κ2) is 10.7. The van der Waals surface area contributed by atoms with Crippen LogP contribution in [-0.2, 0) is 32.9 Å². The molecule has 0 saturated carbocycles. The zero-order valence-electron chi connectivity index (χ0n) is 24.3. The molecule has 4 atom stereocenters.